The first-order valence-corrected chi connectivity index (χ1v) is 13.3. The number of carboxylic acid groups (broad SMARTS) is 1. The van der Waals surface area contributed by atoms with E-state index in [4.69, 9.17) is 21.5 Å². The molecule has 236 valence electrons. The second-order valence-corrected chi connectivity index (χ2v) is 11.1. The summed E-state index contributed by atoms with van der Waals surface area (Å²) in [5.41, 5.74) is -0.879. The van der Waals surface area contributed by atoms with Crippen LogP contribution in [0, 0.1) is 17.0 Å². The highest BCUT2D eigenvalue weighted by Gasteiger charge is 2.52. The van der Waals surface area contributed by atoms with Crippen LogP contribution in [0.25, 0.3) is 0 Å². The van der Waals surface area contributed by atoms with Crippen molar-refractivity contribution in [3.8, 4) is 0 Å². The lowest BCUT2D eigenvalue weighted by Gasteiger charge is -2.61. The van der Waals surface area contributed by atoms with Gasteiger partial charge in [-0.2, -0.15) is 13.2 Å². The fourth-order valence-corrected chi connectivity index (χ4v) is 5.51. The Morgan fingerprint density at radius 3 is 2.18 bits per heavy atom. The van der Waals surface area contributed by atoms with Gasteiger partial charge in [0.25, 0.3) is 6.43 Å². The molecule has 2 aromatic heterocycles. The number of alkyl halides is 5. The van der Waals surface area contributed by atoms with Crippen LogP contribution < -0.4 is 10.2 Å². The largest absolute Gasteiger partial charge is 0.490 e. The highest BCUT2D eigenvalue weighted by atomic mass is 35.5. The van der Waals surface area contributed by atoms with Crippen molar-refractivity contribution in [1.82, 2.24) is 20.2 Å². The molecule has 0 saturated carbocycles. The number of likely N-dealkylation sites (tertiary alicyclic amines) is 1. The Morgan fingerprint density at radius 2 is 1.68 bits per heavy atom. The van der Waals surface area contributed by atoms with Crippen molar-refractivity contribution in [2.45, 2.75) is 31.6 Å². The molecule has 0 aliphatic carbocycles. The molecule has 44 heavy (non-hydrogen) atoms. The van der Waals surface area contributed by atoms with E-state index in [0.717, 1.165) is 56.5 Å². The number of benzene rings is 1. The molecule has 2 fully saturated rings. The first-order chi connectivity index (χ1) is 20.5. The number of halogens is 8. The van der Waals surface area contributed by atoms with Gasteiger partial charge in [-0.15, -0.1) is 0 Å². The number of carboxylic acids is 1. The van der Waals surface area contributed by atoms with Gasteiger partial charge in [0.1, 0.15) is 0 Å². The van der Waals surface area contributed by atoms with Crippen molar-refractivity contribution in [2.24, 2.45) is 5.41 Å². The molecule has 2 N–H and O–H groups in total. The zero-order valence-electron chi connectivity index (χ0n) is 22.9. The van der Waals surface area contributed by atoms with Crippen LogP contribution in [0.5, 0.6) is 0 Å². The Labute approximate surface area is 251 Å². The van der Waals surface area contributed by atoms with Crippen LogP contribution in [0.2, 0.25) is 5.02 Å². The van der Waals surface area contributed by atoms with E-state index in [9.17, 15) is 35.5 Å². The maximum Gasteiger partial charge on any atom is 0.490 e. The number of anilines is 1. The van der Waals surface area contributed by atoms with Crippen LogP contribution in [0.3, 0.4) is 0 Å². The standard InChI is InChI=1S/C26H24ClF4N5O.C2HF3O2/c1-16(37)34-26(24(30)31,18-3-4-21(28)22(29)6-18)23-5-2-17(8-33-23)11-35-12-25(13-35)14-36(15-25)20-7-19(27)9-32-10-20;3-2(4,5)1(6)7/h2-10,24H,11-15H2,1H3,(H,34,37);(H,6,7)/t26-;/m1./s1. The van der Waals surface area contributed by atoms with Gasteiger partial charge in [0.05, 0.1) is 22.6 Å². The molecular formula is C28H25ClF7N5O3. The fraction of sp³-hybridized carbons (Fsp3) is 0.357. The second kappa shape index (κ2) is 12.6. The average Bonchev–Trinajstić information content (AvgIpc) is 2.89. The predicted octanol–water partition coefficient (Wildman–Crippen LogP) is 5.01. The minimum absolute atomic E-state index is 0.169. The molecule has 0 unspecified atom stereocenters. The molecule has 3 aromatic rings. The van der Waals surface area contributed by atoms with Crippen molar-refractivity contribution >= 4 is 29.2 Å². The van der Waals surface area contributed by atoms with Crippen molar-refractivity contribution in [1.29, 1.82) is 0 Å². The van der Waals surface area contributed by atoms with E-state index in [1.807, 2.05) is 6.07 Å². The third-order valence-corrected chi connectivity index (χ3v) is 7.39. The Hall–Kier alpha value is -3.98. The van der Waals surface area contributed by atoms with Crippen molar-refractivity contribution in [2.75, 3.05) is 31.1 Å². The van der Waals surface area contributed by atoms with Gasteiger partial charge in [-0.05, 0) is 35.4 Å². The lowest BCUT2D eigenvalue weighted by molar-refractivity contribution is -0.192. The molecule has 4 heterocycles. The number of carbonyl (C=O) groups excluding carboxylic acids is 1. The summed E-state index contributed by atoms with van der Waals surface area (Å²) >= 11 is 6.03. The number of carbonyl (C=O) groups is 2. The van der Waals surface area contributed by atoms with Crippen molar-refractivity contribution < 1.29 is 45.4 Å². The van der Waals surface area contributed by atoms with E-state index in [1.54, 1.807) is 18.5 Å². The number of nitrogens with zero attached hydrogens (tertiary/aromatic N) is 4. The number of amides is 1. The van der Waals surface area contributed by atoms with Crippen LogP contribution >= 0.6 is 11.6 Å². The summed E-state index contributed by atoms with van der Waals surface area (Å²) in [4.78, 5) is 33.6. The maximum absolute atomic E-state index is 14.5. The fourth-order valence-electron chi connectivity index (χ4n) is 5.34. The van der Waals surface area contributed by atoms with E-state index < -0.39 is 41.7 Å². The summed E-state index contributed by atoms with van der Waals surface area (Å²) in [5, 5.41) is 9.96. The lowest BCUT2D eigenvalue weighted by atomic mass is 9.72. The Bertz CT molecular complexity index is 1510. The van der Waals surface area contributed by atoms with Crippen LogP contribution in [-0.2, 0) is 21.7 Å². The number of hydrogen-bond donors (Lipinski definition) is 2. The summed E-state index contributed by atoms with van der Waals surface area (Å²) in [5.74, 6) is -5.99. The smallest absolute Gasteiger partial charge is 0.475 e. The monoisotopic (exact) mass is 647 g/mol. The molecule has 2 saturated heterocycles. The average molecular weight is 648 g/mol. The van der Waals surface area contributed by atoms with Crippen LogP contribution in [-0.4, -0.2) is 70.6 Å². The van der Waals surface area contributed by atoms with Gasteiger partial charge in [0.2, 0.25) is 5.91 Å². The summed E-state index contributed by atoms with van der Waals surface area (Å²) < 4.78 is 88.2. The molecular weight excluding hydrogens is 623 g/mol. The van der Waals surface area contributed by atoms with E-state index in [1.165, 1.54) is 12.3 Å². The minimum Gasteiger partial charge on any atom is -0.475 e. The topological polar surface area (TPSA) is 98.7 Å². The first kappa shape index (κ1) is 32.9. The van der Waals surface area contributed by atoms with Crippen molar-refractivity contribution in [3.05, 3.63) is 88.5 Å². The van der Waals surface area contributed by atoms with E-state index >= 15 is 0 Å². The summed E-state index contributed by atoms with van der Waals surface area (Å²) in [6.45, 7) is 5.26. The lowest BCUT2D eigenvalue weighted by Crippen LogP contribution is -2.71. The quantitative estimate of drug-likeness (QED) is 0.348. The normalized spacial score (nSPS) is 17.2. The van der Waals surface area contributed by atoms with Crippen LogP contribution in [0.15, 0.2) is 55.0 Å². The summed E-state index contributed by atoms with van der Waals surface area (Å²) in [6.07, 6.45) is -3.39. The first-order valence-electron chi connectivity index (χ1n) is 12.9. The Morgan fingerprint density at radius 1 is 1.02 bits per heavy atom. The molecule has 2 aliphatic heterocycles. The molecule has 1 spiro atoms. The Kier molecular flexibility index (Phi) is 9.40. The predicted molar refractivity (Wildman–Crippen MR) is 144 cm³/mol. The molecule has 8 nitrogen and oxygen atoms in total. The van der Waals surface area contributed by atoms with Gasteiger partial charge in [-0.1, -0.05) is 23.7 Å². The van der Waals surface area contributed by atoms with Crippen molar-refractivity contribution in [3.63, 3.8) is 0 Å². The van der Waals surface area contributed by atoms with Gasteiger partial charge < -0.3 is 15.3 Å². The molecule has 0 radical (unpaired) electrons. The molecule has 2 aliphatic rings. The number of pyridine rings is 2. The molecule has 0 bridgehead atoms. The highest BCUT2D eigenvalue weighted by molar-refractivity contribution is 6.30. The third-order valence-electron chi connectivity index (χ3n) is 7.18. The third kappa shape index (κ3) is 7.04. The zero-order valence-corrected chi connectivity index (χ0v) is 23.6. The molecule has 1 atom stereocenters. The number of nitrogens with one attached hydrogen (secondary N) is 1. The van der Waals surface area contributed by atoms with Crippen LogP contribution in [0.4, 0.5) is 36.4 Å². The van der Waals surface area contributed by atoms with Gasteiger partial charge >= 0.3 is 12.1 Å². The molecule has 5 rings (SSSR count). The minimum atomic E-state index is -5.08. The number of hydrogen-bond acceptors (Lipinski definition) is 6. The number of aromatic nitrogens is 2. The summed E-state index contributed by atoms with van der Waals surface area (Å²) in [6, 6.07) is 7.39. The molecule has 1 aromatic carbocycles. The number of aliphatic carboxylic acids is 1. The van der Waals surface area contributed by atoms with Crippen LogP contribution in [0.1, 0.15) is 23.7 Å². The van der Waals surface area contributed by atoms with Gasteiger partial charge in [0, 0.05) is 57.5 Å². The van der Waals surface area contributed by atoms with E-state index in [2.05, 4.69) is 25.1 Å². The zero-order chi connectivity index (χ0) is 32.4. The SMILES string of the molecule is CC(=O)N[C@](c1ccc(F)c(F)c1)(c1ccc(CN2CC3(C2)CN(c2cncc(Cl)c2)C3)cn1)C(F)F.O=C(O)C(F)(F)F. The van der Waals surface area contributed by atoms with E-state index in [-0.39, 0.29) is 16.7 Å². The summed E-state index contributed by atoms with van der Waals surface area (Å²) in [7, 11) is 0. The van der Waals surface area contributed by atoms with Gasteiger partial charge in [-0.25, -0.2) is 22.4 Å². The number of rotatable bonds is 7. The second-order valence-electron chi connectivity index (χ2n) is 10.6. The highest BCUT2D eigenvalue weighted by Crippen LogP contribution is 2.43. The molecule has 1 amide bonds. The van der Waals surface area contributed by atoms with Gasteiger partial charge in [-0.3, -0.25) is 19.7 Å². The molecule has 16 heteroatoms. The van der Waals surface area contributed by atoms with E-state index in [0.29, 0.717) is 17.6 Å². The Balaban J connectivity index is 0.000000566. The van der Waals surface area contributed by atoms with Gasteiger partial charge in [0.15, 0.2) is 17.2 Å². The maximum atomic E-state index is 14.5.